The van der Waals surface area contributed by atoms with Crippen molar-refractivity contribution >= 4 is 16.8 Å². The number of rotatable bonds is 5. The maximum Gasteiger partial charge on any atom is 0.252 e. The van der Waals surface area contributed by atoms with E-state index in [9.17, 15) is 9.90 Å². The summed E-state index contributed by atoms with van der Waals surface area (Å²) in [6.07, 6.45) is 2.63. The molecule has 2 heterocycles. The Labute approximate surface area is 162 Å². The second kappa shape index (κ2) is 7.98. The molecule has 4 rings (SSSR count). The molecule has 4 aromatic rings. The number of hydrogen-bond donors (Lipinski definition) is 2. The largest absolute Gasteiger partial charge is 0.387 e. The Morgan fingerprint density at radius 3 is 2.46 bits per heavy atom. The van der Waals surface area contributed by atoms with Crippen molar-refractivity contribution in [1.29, 1.82) is 0 Å². The maximum atomic E-state index is 12.9. The number of nitrogens with zero attached hydrogens (tertiary/aromatic N) is 2. The highest BCUT2D eigenvalue weighted by atomic mass is 16.3. The van der Waals surface area contributed by atoms with E-state index in [0.717, 1.165) is 22.0 Å². The zero-order valence-corrected chi connectivity index (χ0v) is 15.1. The van der Waals surface area contributed by atoms with Crippen LogP contribution in [0.1, 0.15) is 22.0 Å². The molecular weight excluding hydrogens is 350 g/mol. The van der Waals surface area contributed by atoms with Gasteiger partial charge >= 0.3 is 0 Å². The normalized spacial score (nSPS) is 11.9. The molecule has 5 heteroatoms. The van der Waals surface area contributed by atoms with Gasteiger partial charge in [0.05, 0.1) is 22.9 Å². The topological polar surface area (TPSA) is 75.1 Å². The summed E-state index contributed by atoms with van der Waals surface area (Å²) in [5.74, 6) is -0.246. The second-order valence-electron chi connectivity index (χ2n) is 6.44. The first-order valence-corrected chi connectivity index (χ1v) is 9.04. The number of aliphatic hydroxyl groups excluding tert-OH is 1. The van der Waals surface area contributed by atoms with Crippen molar-refractivity contribution in [2.24, 2.45) is 0 Å². The predicted molar refractivity (Wildman–Crippen MR) is 109 cm³/mol. The van der Waals surface area contributed by atoms with Gasteiger partial charge in [-0.05, 0) is 29.8 Å². The van der Waals surface area contributed by atoms with E-state index in [-0.39, 0.29) is 12.5 Å². The van der Waals surface area contributed by atoms with Crippen LogP contribution < -0.4 is 5.32 Å². The molecule has 2 aromatic carbocycles. The summed E-state index contributed by atoms with van der Waals surface area (Å²) in [6.45, 7) is 0.129. The van der Waals surface area contributed by atoms with Crippen molar-refractivity contribution in [1.82, 2.24) is 15.3 Å². The number of nitrogens with one attached hydrogen (secondary N) is 1. The third-order valence-electron chi connectivity index (χ3n) is 4.58. The molecule has 138 valence electrons. The van der Waals surface area contributed by atoms with E-state index in [1.165, 1.54) is 0 Å². The first kappa shape index (κ1) is 17.8. The van der Waals surface area contributed by atoms with Crippen molar-refractivity contribution < 1.29 is 9.90 Å². The lowest BCUT2D eigenvalue weighted by Gasteiger charge is -2.14. The monoisotopic (exact) mass is 369 g/mol. The molecule has 1 atom stereocenters. The highest BCUT2D eigenvalue weighted by Gasteiger charge is 2.15. The number of hydrogen-bond acceptors (Lipinski definition) is 4. The fraction of sp³-hybridized carbons (Fsp3) is 0.0870. The van der Waals surface area contributed by atoms with Crippen molar-refractivity contribution in [3.63, 3.8) is 0 Å². The highest BCUT2D eigenvalue weighted by Crippen LogP contribution is 2.24. The lowest BCUT2D eigenvalue weighted by Crippen LogP contribution is -2.28. The zero-order chi connectivity index (χ0) is 19.3. The molecule has 0 aliphatic carbocycles. The Balaban J connectivity index is 1.64. The van der Waals surface area contributed by atoms with Gasteiger partial charge in [0.2, 0.25) is 0 Å². The van der Waals surface area contributed by atoms with Crippen molar-refractivity contribution in [3.05, 3.63) is 96.3 Å². The van der Waals surface area contributed by atoms with Gasteiger partial charge < -0.3 is 10.4 Å². The number of carbonyl (C=O) groups is 1. The Kier molecular flexibility index (Phi) is 5.08. The number of aromatic nitrogens is 2. The molecule has 0 saturated heterocycles. The molecule has 0 aliphatic heterocycles. The molecular formula is C23H19N3O2. The van der Waals surface area contributed by atoms with Gasteiger partial charge in [0, 0.05) is 29.9 Å². The van der Waals surface area contributed by atoms with Crippen LogP contribution in [0.2, 0.25) is 0 Å². The minimum Gasteiger partial charge on any atom is -0.387 e. The molecule has 2 N–H and O–H groups in total. The first-order chi connectivity index (χ1) is 13.7. The molecule has 1 amide bonds. The molecule has 0 spiro atoms. The molecule has 0 fully saturated rings. The number of carbonyl (C=O) groups excluding carboxylic acids is 1. The van der Waals surface area contributed by atoms with Crippen LogP contribution in [0, 0.1) is 0 Å². The zero-order valence-electron chi connectivity index (χ0n) is 15.1. The van der Waals surface area contributed by atoms with Gasteiger partial charge in [-0.15, -0.1) is 0 Å². The Bertz CT molecular complexity index is 1100. The lowest BCUT2D eigenvalue weighted by molar-refractivity contribution is 0.0918. The van der Waals surface area contributed by atoms with Crippen LogP contribution in [0.15, 0.2) is 85.2 Å². The second-order valence-corrected chi connectivity index (χ2v) is 6.44. The number of amides is 1. The fourth-order valence-corrected chi connectivity index (χ4v) is 3.11. The average Bonchev–Trinajstić information content (AvgIpc) is 2.77. The van der Waals surface area contributed by atoms with Crippen LogP contribution in [0.25, 0.3) is 22.2 Å². The quantitative estimate of drug-likeness (QED) is 0.562. The van der Waals surface area contributed by atoms with Crippen molar-refractivity contribution in [2.75, 3.05) is 6.54 Å². The number of aliphatic hydroxyl groups is 1. The standard InChI is InChI=1S/C23H19N3O2/c27-22(17-6-2-1-3-7-17)15-25-23(28)19-14-21(16-10-12-24-13-11-16)26-20-9-5-4-8-18(19)20/h1-14,22,27H,15H2,(H,25,28)/t22-/m1/s1. The Hall–Kier alpha value is -3.57. The van der Waals surface area contributed by atoms with Crippen LogP contribution in [0.4, 0.5) is 0 Å². The Morgan fingerprint density at radius 2 is 1.68 bits per heavy atom. The minimum absolute atomic E-state index is 0.129. The summed E-state index contributed by atoms with van der Waals surface area (Å²) in [6, 6.07) is 22.3. The van der Waals surface area contributed by atoms with Crippen LogP contribution in [0.3, 0.4) is 0 Å². The SMILES string of the molecule is O=C(NC[C@@H](O)c1ccccc1)c1cc(-c2ccncc2)nc2ccccc12. The molecule has 0 radical (unpaired) electrons. The highest BCUT2D eigenvalue weighted by molar-refractivity contribution is 6.07. The summed E-state index contributed by atoms with van der Waals surface area (Å²) >= 11 is 0. The summed E-state index contributed by atoms with van der Waals surface area (Å²) in [4.78, 5) is 21.6. The van der Waals surface area contributed by atoms with Gasteiger partial charge in [-0.3, -0.25) is 9.78 Å². The van der Waals surface area contributed by atoms with E-state index in [1.807, 2.05) is 66.7 Å². The van der Waals surface area contributed by atoms with Gasteiger partial charge in [0.25, 0.3) is 5.91 Å². The van der Waals surface area contributed by atoms with E-state index in [4.69, 9.17) is 0 Å². The smallest absolute Gasteiger partial charge is 0.252 e. The third kappa shape index (κ3) is 3.75. The van der Waals surface area contributed by atoms with Crippen LogP contribution in [-0.2, 0) is 0 Å². The van der Waals surface area contributed by atoms with Gasteiger partial charge in [0.15, 0.2) is 0 Å². The fourth-order valence-electron chi connectivity index (χ4n) is 3.11. The molecule has 28 heavy (non-hydrogen) atoms. The Morgan fingerprint density at radius 1 is 0.964 bits per heavy atom. The summed E-state index contributed by atoms with van der Waals surface area (Å²) in [5, 5.41) is 13.9. The van der Waals surface area contributed by atoms with E-state index in [1.54, 1.807) is 18.5 Å². The molecule has 5 nitrogen and oxygen atoms in total. The average molecular weight is 369 g/mol. The van der Waals surface area contributed by atoms with E-state index in [2.05, 4.69) is 15.3 Å². The minimum atomic E-state index is -0.766. The molecule has 0 unspecified atom stereocenters. The van der Waals surface area contributed by atoms with Crippen molar-refractivity contribution in [2.45, 2.75) is 6.10 Å². The van der Waals surface area contributed by atoms with Crippen molar-refractivity contribution in [3.8, 4) is 11.3 Å². The number of benzene rings is 2. The molecule has 0 saturated carbocycles. The summed E-state index contributed by atoms with van der Waals surface area (Å²) in [5.41, 5.74) is 3.62. The van der Waals surface area contributed by atoms with Crippen LogP contribution in [0.5, 0.6) is 0 Å². The summed E-state index contributed by atoms with van der Waals surface area (Å²) < 4.78 is 0. The number of fused-ring (bicyclic) bond motifs is 1. The molecule has 0 aliphatic rings. The van der Waals surface area contributed by atoms with Gasteiger partial charge in [-0.25, -0.2) is 4.98 Å². The predicted octanol–water partition coefficient (Wildman–Crippen LogP) is 3.76. The maximum absolute atomic E-state index is 12.9. The molecule has 2 aromatic heterocycles. The lowest BCUT2D eigenvalue weighted by atomic mass is 10.0. The van der Waals surface area contributed by atoms with Crippen LogP contribution in [-0.4, -0.2) is 27.5 Å². The molecule has 0 bridgehead atoms. The number of para-hydroxylation sites is 1. The van der Waals surface area contributed by atoms with E-state index >= 15 is 0 Å². The summed E-state index contributed by atoms with van der Waals surface area (Å²) in [7, 11) is 0. The first-order valence-electron chi connectivity index (χ1n) is 9.04. The van der Waals surface area contributed by atoms with Gasteiger partial charge in [-0.1, -0.05) is 48.5 Å². The van der Waals surface area contributed by atoms with E-state index in [0.29, 0.717) is 11.3 Å². The van der Waals surface area contributed by atoms with Gasteiger partial charge in [-0.2, -0.15) is 0 Å². The van der Waals surface area contributed by atoms with E-state index < -0.39 is 6.10 Å². The third-order valence-corrected chi connectivity index (χ3v) is 4.58. The number of pyridine rings is 2. The van der Waals surface area contributed by atoms with Gasteiger partial charge in [0.1, 0.15) is 0 Å². The van der Waals surface area contributed by atoms with Crippen LogP contribution >= 0.6 is 0 Å².